The van der Waals surface area contributed by atoms with Crippen molar-refractivity contribution in [1.82, 2.24) is 4.72 Å². The molecule has 0 unspecified atom stereocenters. The Balaban J connectivity index is 2.29. The monoisotopic (exact) mass is 439 g/mol. The summed E-state index contributed by atoms with van der Waals surface area (Å²) in [4.78, 5) is 0. The van der Waals surface area contributed by atoms with Crippen LogP contribution in [0.1, 0.15) is 84.1 Å². The molecule has 0 aliphatic heterocycles. The van der Waals surface area contributed by atoms with Crippen LogP contribution in [-0.2, 0) is 16.6 Å². The Morgan fingerprint density at radius 1 is 0.867 bits per heavy atom. The summed E-state index contributed by atoms with van der Waals surface area (Å²) in [6, 6.07) is 10.5. The fourth-order valence-corrected chi connectivity index (χ4v) is 5.67. The maximum atomic E-state index is 12.4. The lowest BCUT2D eigenvalue weighted by Gasteiger charge is -2.37. The summed E-state index contributed by atoms with van der Waals surface area (Å²) in [5.74, 6) is 0.251. The van der Waals surface area contributed by atoms with Crippen LogP contribution in [0.5, 0.6) is 0 Å². The van der Waals surface area contributed by atoms with Crippen LogP contribution in [0.15, 0.2) is 30.3 Å². The molecule has 0 aliphatic rings. The molecule has 1 rings (SSSR count). The molecule has 0 spiro atoms. The number of sulfonamides is 1. The topological polar surface area (TPSA) is 46.2 Å². The van der Waals surface area contributed by atoms with Crippen LogP contribution in [0.4, 0.5) is 0 Å². The summed E-state index contributed by atoms with van der Waals surface area (Å²) >= 11 is 0. The Labute approximate surface area is 187 Å². The van der Waals surface area contributed by atoms with E-state index in [2.05, 4.69) is 63.9 Å². The van der Waals surface area contributed by atoms with E-state index >= 15 is 0 Å². The standard InChI is InChI=1S/C25H47N2O2S/c1-6-7-8-9-10-11-12-13-17-20-30(28,29)26-22-25(2,3)23-27(4,5)21-24-18-15-14-16-19-24/h14-16,18-19,26H,6-13,17,20-23H2,1-5H3/q+1. The average Bonchev–Trinajstić information content (AvgIpc) is 2.65. The van der Waals surface area contributed by atoms with E-state index in [4.69, 9.17) is 0 Å². The number of benzene rings is 1. The highest BCUT2D eigenvalue weighted by Gasteiger charge is 2.30. The summed E-state index contributed by atoms with van der Waals surface area (Å²) in [7, 11) is 1.24. The Kier molecular flexibility index (Phi) is 12.2. The zero-order valence-corrected chi connectivity index (χ0v) is 21.1. The van der Waals surface area contributed by atoms with Gasteiger partial charge in [0.25, 0.3) is 0 Å². The second kappa shape index (κ2) is 13.5. The maximum absolute atomic E-state index is 12.4. The normalized spacial score (nSPS) is 13.0. The summed E-state index contributed by atoms with van der Waals surface area (Å²) in [6.07, 6.45) is 10.7. The number of quaternary nitrogens is 1. The van der Waals surface area contributed by atoms with E-state index in [1.807, 2.05) is 6.07 Å². The average molecular weight is 440 g/mol. The van der Waals surface area contributed by atoms with Crippen LogP contribution < -0.4 is 4.72 Å². The van der Waals surface area contributed by atoms with Crippen LogP contribution in [0.25, 0.3) is 0 Å². The predicted octanol–water partition coefficient (Wildman–Crippen LogP) is 5.74. The Morgan fingerprint density at radius 3 is 1.97 bits per heavy atom. The van der Waals surface area contributed by atoms with E-state index in [-0.39, 0.29) is 11.2 Å². The third-order valence-corrected chi connectivity index (χ3v) is 7.01. The van der Waals surface area contributed by atoms with Crippen LogP contribution in [0.3, 0.4) is 0 Å². The molecule has 5 heteroatoms. The van der Waals surface area contributed by atoms with E-state index in [1.54, 1.807) is 0 Å². The van der Waals surface area contributed by atoms with Gasteiger partial charge in [-0.2, -0.15) is 0 Å². The third-order valence-electron chi connectivity index (χ3n) is 5.60. The predicted molar refractivity (Wildman–Crippen MR) is 130 cm³/mol. The van der Waals surface area contributed by atoms with Crippen LogP contribution in [0, 0.1) is 5.41 Å². The van der Waals surface area contributed by atoms with Gasteiger partial charge in [-0.05, 0) is 6.42 Å². The molecular weight excluding hydrogens is 392 g/mol. The second-order valence-electron chi connectivity index (χ2n) is 10.4. The van der Waals surface area contributed by atoms with Gasteiger partial charge in [0.2, 0.25) is 10.0 Å². The van der Waals surface area contributed by atoms with Crippen molar-refractivity contribution in [2.75, 3.05) is 32.9 Å². The third kappa shape index (κ3) is 13.4. The van der Waals surface area contributed by atoms with Crippen molar-refractivity contribution >= 4 is 10.0 Å². The summed E-state index contributed by atoms with van der Waals surface area (Å²) in [5, 5.41) is 0. The SMILES string of the molecule is CCCCCCCCCCCS(=O)(=O)NCC(C)(C)C[N+](C)(C)Cc1ccccc1. The molecule has 1 aromatic rings. The molecule has 0 amide bonds. The minimum absolute atomic E-state index is 0.107. The molecule has 1 N–H and O–H groups in total. The lowest BCUT2D eigenvalue weighted by Crippen LogP contribution is -2.49. The van der Waals surface area contributed by atoms with Gasteiger partial charge in [0.15, 0.2) is 0 Å². The number of unbranched alkanes of at least 4 members (excludes halogenated alkanes) is 8. The van der Waals surface area contributed by atoms with Gasteiger partial charge in [-0.3, -0.25) is 0 Å². The van der Waals surface area contributed by atoms with E-state index in [9.17, 15) is 8.42 Å². The first-order chi connectivity index (χ1) is 14.1. The van der Waals surface area contributed by atoms with E-state index in [1.165, 1.54) is 44.1 Å². The Morgan fingerprint density at radius 2 is 1.40 bits per heavy atom. The lowest BCUT2D eigenvalue weighted by molar-refractivity contribution is -0.909. The number of nitrogens with zero attached hydrogens (tertiary/aromatic N) is 1. The summed E-state index contributed by atoms with van der Waals surface area (Å²) in [5.41, 5.74) is 1.20. The van der Waals surface area contributed by atoms with E-state index < -0.39 is 10.0 Å². The van der Waals surface area contributed by atoms with Gasteiger partial charge in [0, 0.05) is 17.5 Å². The van der Waals surface area contributed by atoms with Crippen molar-refractivity contribution in [2.24, 2.45) is 5.41 Å². The zero-order valence-electron chi connectivity index (χ0n) is 20.3. The van der Waals surface area contributed by atoms with Gasteiger partial charge in [-0.25, -0.2) is 13.1 Å². The largest absolute Gasteiger partial charge is 0.324 e. The first-order valence-corrected chi connectivity index (χ1v) is 13.5. The minimum Gasteiger partial charge on any atom is -0.324 e. The van der Waals surface area contributed by atoms with Crippen molar-refractivity contribution < 1.29 is 12.9 Å². The van der Waals surface area contributed by atoms with Crippen LogP contribution in [-0.4, -0.2) is 45.8 Å². The first kappa shape index (κ1) is 27.1. The Bertz CT molecular complexity index is 670. The van der Waals surface area contributed by atoms with Crippen molar-refractivity contribution in [3.8, 4) is 0 Å². The second-order valence-corrected chi connectivity index (χ2v) is 12.3. The molecule has 0 aromatic heterocycles. The molecule has 30 heavy (non-hydrogen) atoms. The molecule has 174 valence electrons. The highest BCUT2D eigenvalue weighted by atomic mass is 32.2. The van der Waals surface area contributed by atoms with Gasteiger partial charge >= 0.3 is 0 Å². The molecule has 0 aliphatic carbocycles. The minimum atomic E-state index is -3.19. The molecular formula is C25H47N2O2S+. The quantitative estimate of drug-likeness (QED) is 0.248. The molecule has 0 atom stereocenters. The summed E-state index contributed by atoms with van der Waals surface area (Å²) < 4.78 is 28.6. The molecule has 0 bridgehead atoms. The number of rotatable bonds is 17. The first-order valence-electron chi connectivity index (χ1n) is 11.9. The highest BCUT2D eigenvalue weighted by Crippen LogP contribution is 2.21. The maximum Gasteiger partial charge on any atom is 0.211 e. The number of hydrogen-bond donors (Lipinski definition) is 1. The summed E-state index contributed by atoms with van der Waals surface area (Å²) in [6.45, 7) is 8.87. The van der Waals surface area contributed by atoms with Crippen molar-refractivity contribution in [1.29, 1.82) is 0 Å². The Hall–Kier alpha value is -0.910. The van der Waals surface area contributed by atoms with Crippen molar-refractivity contribution in [3.63, 3.8) is 0 Å². The fourth-order valence-electron chi connectivity index (χ4n) is 4.33. The molecule has 0 saturated heterocycles. The van der Waals surface area contributed by atoms with Gasteiger partial charge in [-0.1, -0.05) is 102 Å². The smallest absolute Gasteiger partial charge is 0.211 e. The molecule has 0 heterocycles. The van der Waals surface area contributed by atoms with Crippen molar-refractivity contribution in [2.45, 2.75) is 85.1 Å². The number of nitrogens with one attached hydrogen (secondary N) is 1. The van der Waals surface area contributed by atoms with Crippen LogP contribution in [0.2, 0.25) is 0 Å². The van der Waals surface area contributed by atoms with E-state index in [0.29, 0.717) is 6.54 Å². The lowest BCUT2D eigenvalue weighted by atomic mass is 9.92. The van der Waals surface area contributed by atoms with Gasteiger partial charge < -0.3 is 4.48 Å². The number of hydrogen-bond acceptors (Lipinski definition) is 2. The van der Waals surface area contributed by atoms with E-state index in [0.717, 1.165) is 36.8 Å². The van der Waals surface area contributed by atoms with Crippen molar-refractivity contribution in [3.05, 3.63) is 35.9 Å². The molecule has 4 nitrogen and oxygen atoms in total. The molecule has 0 saturated carbocycles. The molecule has 0 radical (unpaired) electrons. The molecule has 0 fully saturated rings. The van der Waals surface area contributed by atoms with Gasteiger partial charge in [0.05, 0.1) is 26.4 Å². The molecule has 1 aromatic carbocycles. The highest BCUT2D eigenvalue weighted by molar-refractivity contribution is 7.89. The van der Waals surface area contributed by atoms with Gasteiger partial charge in [-0.15, -0.1) is 0 Å². The van der Waals surface area contributed by atoms with Gasteiger partial charge in [0.1, 0.15) is 6.54 Å². The zero-order chi connectivity index (χ0) is 22.5. The fraction of sp³-hybridized carbons (Fsp3) is 0.760. The van der Waals surface area contributed by atoms with Crippen LogP contribution >= 0.6 is 0 Å².